The zero-order valence-electron chi connectivity index (χ0n) is 11.6. The van der Waals surface area contributed by atoms with Crippen LogP contribution in [0.3, 0.4) is 0 Å². The highest BCUT2D eigenvalue weighted by Gasteiger charge is 2.21. The molecule has 0 spiro atoms. The van der Waals surface area contributed by atoms with Crippen molar-refractivity contribution in [3.63, 3.8) is 0 Å². The number of ether oxygens (including phenoxy) is 1. The molecule has 0 fully saturated rings. The molecule has 0 aromatic heterocycles. The van der Waals surface area contributed by atoms with Crippen LogP contribution in [0.25, 0.3) is 10.8 Å². The number of nitrogens with two attached hydrogens (primary N) is 1. The molecule has 4 heteroatoms. The topological polar surface area (TPSA) is 60.0 Å². The van der Waals surface area contributed by atoms with E-state index in [1.54, 1.807) is 7.11 Å². The molecule has 0 radical (unpaired) electrons. The highest BCUT2D eigenvalue weighted by molar-refractivity contribution is 6.14. The summed E-state index contributed by atoms with van der Waals surface area (Å²) in [6.07, 6.45) is 0.777. The summed E-state index contributed by atoms with van der Waals surface area (Å²) in [6, 6.07) is 12.3. The highest BCUT2D eigenvalue weighted by atomic mass is 16.5. The van der Waals surface area contributed by atoms with Crippen LogP contribution in [0.1, 0.15) is 18.9 Å². The number of methoxy groups -OCH3 is 1. The molecule has 20 heavy (non-hydrogen) atoms. The van der Waals surface area contributed by atoms with E-state index in [9.17, 15) is 0 Å². The van der Waals surface area contributed by atoms with Crippen LogP contribution in [0, 0.1) is 5.92 Å². The van der Waals surface area contributed by atoms with Crippen LogP contribution in [-0.4, -0.2) is 18.7 Å². The Morgan fingerprint density at radius 1 is 1.15 bits per heavy atom. The second-order valence-corrected chi connectivity index (χ2v) is 5.04. The Kier molecular flexibility index (Phi) is 3.14. The number of hydrogen-bond acceptors (Lipinski definition) is 4. The number of benzene rings is 2. The minimum Gasteiger partial charge on any atom is -0.496 e. The number of fused-ring (bicyclic) bond motifs is 1. The van der Waals surface area contributed by atoms with E-state index in [-0.39, 0.29) is 5.92 Å². The van der Waals surface area contributed by atoms with Gasteiger partial charge in [0.1, 0.15) is 11.6 Å². The van der Waals surface area contributed by atoms with Crippen molar-refractivity contribution in [1.29, 1.82) is 0 Å². The third-order valence-electron chi connectivity index (χ3n) is 3.69. The molecule has 0 amide bonds. The fourth-order valence-electron chi connectivity index (χ4n) is 2.52. The van der Waals surface area contributed by atoms with E-state index >= 15 is 0 Å². The average Bonchev–Trinajstić information content (AvgIpc) is 2.49. The molecule has 0 saturated heterocycles. The van der Waals surface area contributed by atoms with Gasteiger partial charge in [0.25, 0.3) is 0 Å². The molecule has 1 atom stereocenters. The van der Waals surface area contributed by atoms with Crippen molar-refractivity contribution < 1.29 is 4.74 Å². The first-order valence-electron chi connectivity index (χ1n) is 6.66. The van der Waals surface area contributed by atoms with E-state index in [1.807, 2.05) is 18.2 Å². The van der Waals surface area contributed by atoms with Gasteiger partial charge >= 0.3 is 0 Å². The predicted molar refractivity (Wildman–Crippen MR) is 82.4 cm³/mol. The molecular weight excluding hydrogens is 250 g/mol. The number of nitrogens with zero attached hydrogens (tertiary/aromatic N) is 2. The van der Waals surface area contributed by atoms with E-state index in [0.29, 0.717) is 5.84 Å². The summed E-state index contributed by atoms with van der Waals surface area (Å²) in [6.45, 7) is 2.06. The average molecular weight is 267 g/mol. The maximum absolute atomic E-state index is 5.81. The lowest BCUT2D eigenvalue weighted by atomic mass is 9.93. The van der Waals surface area contributed by atoms with Gasteiger partial charge in [-0.05, 0) is 16.8 Å². The molecule has 102 valence electrons. The third-order valence-corrected chi connectivity index (χ3v) is 3.69. The van der Waals surface area contributed by atoms with Crippen LogP contribution in [0.5, 0.6) is 5.75 Å². The maximum Gasteiger partial charge on any atom is 0.128 e. The minimum atomic E-state index is 0.200. The first kappa shape index (κ1) is 12.7. The van der Waals surface area contributed by atoms with Crippen molar-refractivity contribution in [1.82, 2.24) is 0 Å². The van der Waals surface area contributed by atoms with Gasteiger partial charge in [-0.1, -0.05) is 37.3 Å². The fraction of sp³-hybridized carbons (Fsp3) is 0.250. The molecule has 0 saturated carbocycles. The first-order chi connectivity index (χ1) is 9.70. The molecular formula is C16H17N3O. The Bertz CT molecular complexity index is 719. The van der Waals surface area contributed by atoms with Gasteiger partial charge in [-0.2, -0.15) is 5.10 Å². The van der Waals surface area contributed by atoms with Gasteiger partial charge in [0.2, 0.25) is 0 Å². The Balaban J connectivity index is 2.24. The molecule has 2 N–H and O–H groups in total. The van der Waals surface area contributed by atoms with Gasteiger partial charge < -0.3 is 10.5 Å². The van der Waals surface area contributed by atoms with Crippen LogP contribution in [0.2, 0.25) is 0 Å². The van der Waals surface area contributed by atoms with Crippen LogP contribution in [0.15, 0.2) is 46.6 Å². The summed E-state index contributed by atoms with van der Waals surface area (Å²) >= 11 is 0. The van der Waals surface area contributed by atoms with Crippen LogP contribution >= 0.6 is 0 Å². The SMILES string of the molecule is COc1ccc2ccccc2c1C1=NN=C(N)C(C)C1. The quantitative estimate of drug-likeness (QED) is 0.909. The molecule has 1 unspecified atom stereocenters. The number of amidine groups is 1. The maximum atomic E-state index is 5.81. The van der Waals surface area contributed by atoms with Gasteiger partial charge in [0, 0.05) is 17.9 Å². The molecule has 4 nitrogen and oxygen atoms in total. The first-order valence-corrected chi connectivity index (χ1v) is 6.66. The van der Waals surface area contributed by atoms with Crippen molar-refractivity contribution in [3.8, 4) is 5.75 Å². The molecule has 3 rings (SSSR count). The van der Waals surface area contributed by atoms with Crippen molar-refractivity contribution >= 4 is 22.3 Å². The summed E-state index contributed by atoms with van der Waals surface area (Å²) < 4.78 is 5.51. The Labute approximate surface area is 118 Å². The molecule has 2 aromatic rings. The van der Waals surface area contributed by atoms with E-state index < -0.39 is 0 Å². The van der Waals surface area contributed by atoms with E-state index in [4.69, 9.17) is 10.5 Å². The van der Waals surface area contributed by atoms with Crippen molar-refractivity contribution in [3.05, 3.63) is 42.0 Å². The van der Waals surface area contributed by atoms with Crippen molar-refractivity contribution in [2.45, 2.75) is 13.3 Å². The van der Waals surface area contributed by atoms with Crippen LogP contribution in [-0.2, 0) is 0 Å². The lowest BCUT2D eigenvalue weighted by molar-refractivity contribution is 0.414. The zero-order valence-corrected chi connectivity index (χ0v) is 11.6. The number of hydrogen-bond donors (Lipinski definition) is 1. The van der Waals surface area contributed by atoms with Crippen LogP contribution in [0.4, 0.5) is 0 Å². The molecule has 2 aromatic carbocycles. The van der Waals surface area contributed by atoms with Gasteiger partial charge in [0.05, 0.1) is 12.8 Å². The summed E-state index contributed by atoms with van der Waals surface area (Å²) in [4.78, 5) is 0. The zero-order chi connectivity index (χ0) is 14.1. The van der Waals surface area contributed by atoms with Gasteiger partial charge in [-0.25, -0.2) is 0 Å². The smallest absolute Gasteiger partial charge is 0.128 e. The molecule has 1 heterocycles. The van der Waals surface area contributed by atoms with E-state index in [0.717, 1.165) is 28.8 Å². The second kappa shape index (κ2) is 4.96. The van der Waals surface area contributed by atoms with Gasteiger partial charge in [-0.3, -0.25) is 0 Å². The molecule has 0 aliphatic carbocycles. The second-order valence-electron chi connectivity index (χ2n) is 5.04. The summed E-state index contributed by atoms with van der Waals surface area (Å²) in [5.41, 5.74) is 7.77. The Morgan fingerprint density at radius 2 is 1.95 bits per heavy atom. The minimum absolute atomic E-state index is 0.200. The van der Waals surface area contributed by atoms with Gasteiger partial charge in [0.15, 0.2) is 0 Å². The Morgan fingerprint density at radius 3 is 2.70 bits per heavy atom. The normalized spacial score (nSPS) is 18.6. The van der Waals surface area contributed by atoms with Crippen molar-refractivity contribution in [2.24, 2.45) is 21.9 Å². The third kappa shape index (κ3) is 2.03. The van der Waals surface area contributed by atoms with E-state index in [2.05, 4.69) is 35.3 Å². The lowest BCUT2D eigenvalue weighted by Gasteiger charge is -2.19. The largest absolute Gasteiger partial charge is 0.496 e. The summed E-state index contributed by atoms with van der Waals surface area (Å²) in [5.74, 6) is 1.62. The number of rotatable bonds is 2. The lowest BCUT2D eigenvalue weighted by Crippen LogP contribution is -2.27. The summed E-state index contributed by atoms with van der Waals surface area (Å²) in [5, 5.41) is 10.7. The van der Waals surface area contributed by atoms with Crippen molar-refractivity contribution in [2.75, 3.05) is 7.11 Å². The van der Waals surface area contributed by atoms with Crippen LogP contribution < -0.4 is 10.5 Å². The molecule has 0 bridgehead atoms. The standard InChI is InChI=1S/C16H17N3O/c1-10-9-13(18-19-16(10)17)15-12-6-4-3-5-11(12)7-8-14(15)20-2/h3-8,10H,9H2,1-2H3,(H2,17,19). The monoisotopic (exact) mass is 267 g/mol. The Hall–Kier alpha value is -2.36. The predicted octanol–water partition coefficient (Wildman–Crippen LogP) is 2.95. The fourth-order valence-corrected chi connectivity index (χ4v) is 2.52. The molecule has 1 aliphatic heterocycles. The summed E-state index contributed by atoms with van der Waals surface area (Å²) in [7, 11) is 1.68. The highest BCUT2D eigenvalue weighted by Crippen LogP contribution is 2.31. The van der Waals surface area contributed by atoms with Gasteiger partial charge in [-0.15, -0.1) is 5.10 Å². The molecule has 1 aliphatic rings. The van der Waals surface area contributed by atoms with E-state index in [1.165, 1.54) is 5.39 Å².